The Morgan fingerprint density at radius 1 is 1.14 bits per heavy atom. The van der Waals surface area contributed by atoms with Crippen LogP contribution in [0.25, 0.3) is 11.4 Å². The van der Waals surface area contributed by atoms with Crippen molar-refractivity contribution in [1.29, 1.82) is 0 Å². The summed E-state index contributed by atoms with van der Waals surface area (Å²) in [6.07, 6.45) is 6.94. The first-order valence-electron chi connectivity index (χ1n) is 8.74. The summed E-state index contributed by atoms with van der Waals surface area (Å²) in [5.41, 5.74) is 2.41. The summed E-state index contributed by atoms with van der Waals surface area (Å²) in [5.74, 6) is 0.723. The van der Waals surface area contributed by atoms with Crippen molar-refractivity contribution in [3.05, 3.63) is 84.3 Å². The lowest BCUT2D eigenvalue weighted by atomic mass is 10.1. The Bertz CT molecular complexity index is 1060. The number of amides is 1. The molecule has 4 rings (SSSR count). The minimum atomic E-state index is -0.119. The van der Waals surface area contributed by atoms with E-state index in [1.807, 2.05) is 35.1 Å². The molecule has 1 amide bonds. The molecule has 0 bridgehead atoms. The van der Waals surface area contributed by atoms with Gasteiger partial charge in [0.1, 0.15) is 0 Å². The highest BCUT2D eigenvalue weighted by Gasteiger charge is 2.16. The van der Waals surface area contributed by atoms with Crippen molar-refractivity contribution in [1.82, 2.24) is 29.8 Å². The van der Waals surface area contributed by atoms with Crippen LogP contribution >= 0.6 is 0 Å². The van der Waals surface area contributed by atoms with E-state index in [1.165, 1.54) is 0 Å². The molecule has 8 nitrogen and oxygen atoms in total. The first-order chi connectivity index (χ1) is 13.7. The molecule has 0 fully saturated rings. The molecule has 0 atom stereocenters. The van der Waals surface area contributed by atoms with Crippen LogP contribution < -0.4 is 0 Å². The normalized spacial score (nSPS) is 10.8. The van der Waals surface area contributed by atoms with Gasteiger partial charge in [-0.05, 0) is 35.9 Å². The molecule has 0 N–H and O–H groups in total. The first-order valence-corrected chi connectivity index (χ1v) is 8.74. The highest BCUT2D eigenvalue weighted by Crippen LogP contribution is 2.16. The Labute approximate surface area is 161 Å². The molecular weight excluding hydrogens is 356 g/mol. The van der Waals surface area contributed by atoms with Gasteiger partial charge in [0.2, 0.25) is 11.7 Å². The van der Waals surface area contributed by atoms with E-state index in [-0.39, 0.29) is 12.5 Å². The Hall–Kier alpha value is -3.81. The third kappa shape index (κ3) is 3.96. The van der Waals surface area contributed by atoms with Crippen molar-refractivity contribution in [2.75, 3.05) is 7.05 Å². The van der Waals surface area contributed by atoms with Crippen molar-refractivity contribution in [3.63, 3.8) is 0 Å². The van der Waals surface area contributed by atoms with E-state index >= 15 is 0 Å². The van der Waals surface area contributed by atoms with Crippen LogP contribution in [0.15, 0.2) is 71.8 Å². The van der Waals surface area contributed by atoms with E-state index < -0.39 is 0 Å². The monoisotopic (exact) mass is 374 g/mol. The fourth-order valence-electron chi connectivity index (χ4n) is 2.82. The number of benzene rings is 1. The van der Waals surface area contributed by atoms with Gasteiger partial charge in [0.05, 0.1) is 13.1 Å². The number of carbonyl (C=O) groups is 1. The maximum atomic E-state index is 12.8. The number of carbonyl (C=O) groups excluding carboxylic acids is 1. The van der Waals surface area contributed by atoms with E-state index in [0.29, 0.717) is 23.8 Å². The summed E-state index contributed by atoms with van der Waals surface area (Å²) in [5, 5.41) is 8.16. The van der Waals surface area contributed by atoms with Gasteiger partial charge >= 0.3 is 0 Å². The summed E-state index contributed by atoms with van der Waals surface area (Å²) < 4.78 is 7.09. The largest absolute Gasteiger partial charge is 0.337 e. The lowest BCUT2D eigenvalue weighted by Crippen LogP contribution is -2.26. The van der Waals surface area contributed by atoms with Crippen LogP contribution in [0.2, 0.25) is 0 Å². The second-order valence-corrected chi connectivity index (χ2v) is 6.31. The molecule has 0 aliphatic rings. The molecule has 3 heterocycles. The van der Waals surface area contributed by atoms with Gasteiger partial charge in [0, 0.05) is 43.0 Å². The van der Waals surface area contributed by atoms with Crippen molar-refractivity contribution >= 4 is 5.91 Å². The van der Waals surface area contributed by atoms with Gasteiger partial charge in [-0.2, -0.15) is 10.1 Å². The summed E-state index contributed by atoms with van der Waals surface area (Å²) >= 11 is 0. The molecule has 8 heteroatoms. The molecule has 0 aliphatic carbocycles. The van der Waals surface area contributed by atoms with Gasteiger partial charge in [-0.25, -0.2) is 0 Å². The zero-order chi connectivity index (χ0) is 19.3. The van der Waals surface area contributed by atoms with Crippen molar-refractivity contribution in [2.24, 2.45) is 0 Å². The maximum Gasteiger partial charge on any atom is 0.254 e. The molecule has 0 saturated heterocycles. The van der Waals surface area contributed by atoms with E-state index in [1.54, 1.807) is 48.7 Å². The second kappa shape index (κ2) is 7.83. The molecule has 28 heavy (non-hydrogen) atoms. The van der Waals surface area contributed by atoms with Gasteiger partial charge in [-0.3, -0.25) is 14.5 Å². The molecule has 0 spiro atoms. The number of rotatable bonds is 6. The minimum Gasteiger partial charge on any atom is -0.337 e. The summed E-state index contributed by atoms with van der Waals surface area (Å²) in [6, 6.07) is 13.0. The highest BCUT2D eigenvalue weighted by atomic mass is 16.5. The molecule has 0 aliphatic heterocycles. The molecule has 0 saturated carbocycles. The molecule has 0 radical (unpaired) electrons. The van der Waals surface area contributed by atoms with E-state index in [9.17, 15) is 4.79 Å². The van der Waals surface area contributed by atoms with Crippen LogP contribution in [-0.4, -0.2) is 42.8 Å². The maximum absolute atomic E-state index is 12.8. The van der Waals surface area contributed by atoms with Crippen LogP contribution in [0.1, 0.15) is 21.8 Å². The SMILES string of the molecule is CN(Cc1nc(-c2ccncc2)no1)C(=O)c1cccc(Cn2cccn2)c1. The van der Waals surface area contributed by atoms with Gasteiger partial charge in [0.25, 0.3) is 5.91 Å². The Kier molecular flexibility index (Phi) is 4.92. The highest BCUT2D eigenvalue weighted by molar-refractivity contribution is 5.94. The zero-order valence-corrected chi connectivity index (χ0v) is 15.3. The van der Waals surface area contributed by atoms with Gasteiger partial charge in [-0.1, -0.05) is 17.3 Å². The van der Waals surface area contributed by atoms with Crippen molar-refractivity contribution in [2.45, 2.75) is 13.1 Å². The van der Waals surface area contributed by atoms with E-state index in [0.717, 1.165) is 11.1 Å². The predicted molar refractivity (Wildman–Crippen MR) is 101 cm³/mol. The van der Waals surface area contributed by atoms with Crippen LogP contribution in [0.5, 0.6) is 0 Å². The standard InChI is InChI=1S/C20H18N6O2/c1-25(14-18-23-19(24-28-18)16-6-9-21-10-7-16)20(27)17-5-2-4-15(12-17)13-26-11-3-8-22-26/h2-12H,13-14H2,1H3. The van der Waals surface area contributed by atoms with Crippen LogP contribution in [0.4, 0.5) is 0 Å². The van der Waals surface area contributed by atoms with Crippen molar-refractivity contribution in [3.8, 4) is 11.4 Å². The molecule has 0 unspecified atom stereocenters. The first kappa shape index (κ1) is 17.6. The summed E-state index contributed by atoms with van der Waals surface area (Å²) in [6.45, 7) is 0.830. The predicted octanol–water partition coefficient (Wildman–Crippen LogP) is 2.65. The third-order valence-corrected chi connectivity index (χ3v) is 4.20. The van der Waals surface area contributed by atoms with Crippen LogP contribution in [0, 0.1) is 0 Å². The average molecular weight is 374 g/mol. The minimum absolute atomic E-state index is 0.119. The number of aromatic nitrogens is 5. The number of hydrogen-bond acceptors (Lipinski definition) is 6. The number of hydrogen-bond donors (Lipinski definition) is 0. The smallest absolute Gasteiger partial charge is 0.254 e. The van der Waals surface area contributed by atoms with E-state index in [4.69, 9.17) is 4.52 Å². The van der Waals surface area contributed by atoms with Gasteiger partial charge in [0.15, 0.2) is 0 Å². The van der Waals surface area contributed by atoms with Crippen LogP contribution in [-0.2, 0) is 13.1 Å². The zero-order valence-electron chi connectivity index (χ0n) is 15.3. The average Bonchev–Trinajstić information content (AvgIpc) is 3.40. The number of pyridine rings is 1. The second-order valence-electron chi connectivity index (χ2n) is 6.31. The van der Waals surface area contributed by atoms with Crippen molar-refractivity contribution < 1.29 is 9.32 Å². The van der Waals surface area contributed by atoms with E-state index in [2.05, 4.69) is 20.2 Å². The Morgan fingerprint density at radius 2 is 2.00 bits per heavy atom. The summed E-state index contributed by atoms with van der Waals surface area (Å²) in [4.78, 5) is 22.7. The molecule has 1 aromatic carbocycles. The number of nitrogens with zero attached hydrogens (tertiary/aromatic N) is 6. The lowest BCUT2D eigenvalue weighted by Gasteiger charge is -2.15. The molecule has 140 valence electrons. The fraction of sp³-hybridized carbons (Fsp3) is 0.150. The van der Waals surface area contributed by atoms with Gasteiger partial charge < -0.3 is 9.42 Å². The Balaban J connectivity index is 1.44. The fourth-order valence-corrected chi connectivity index (χ4v) is 2.82. The lowest BCUT2D eigenvalue weighted by molar-refractivity contribution is 0.0769. The molecular formula is C20H18N6O2. The third-order valence-electron chi connectivity index (χ3n) is 4.20. The quantitative estimate of drug-likeness (QED) is 0.515. The molecule has 3 aromatic heterocycles. The topological polar surface area (TPSA) is 89.9 Å². The Morgan fingerprint density at radius 3 is 2.79 bits per heavy atom. The van der Waals surface area contributed by atoms with Gasteiger partial charge in [-0.15, -0.1) is 0 Å². The van der Waals surface area contributed by atoms with Crippen LogP contribution in [0.3, 0.4) is 0 Å². The molecule has 4 aromatic rings. The summed E-state index contributed by atoms with van der Waals surface area (Å²) in [7, 11) is 1.71.